The molecular formula is C13H12N2O7S2. The van der Waals surface area contributed by atoms with Crippen LogP contribution in [0.3, 0.4) is 0 Å². The van der Waals surface area contributed by atoms with Crippen molar-refractivity contribution in [3.8, 4) is 0 Å². The van der Waals surface area contributed by atoms with Crippen LogP contribution in [0.1, 0.15) is 5.56 Å². The molecule has 0 fully saturated rings. The number of sulfonamides is 1. The van der Waals surface area contributed by atoms with Gasteiger partial charge in [-0.2, -0.15) is 8.42 Å². The average molecular weight is 372 g/mol. The van der Waals surface area contributed by atoms with Crippen LogP contribution in [0.15, 0.2) is 52.3 Å². The second kappa shape index (κ2) is 6.19. The van der Waals surface area contributed by atoms with Crippen molar-refractivity contribution in [3.63, 3.8) is 0 Å². The number of aryl methyl sites for hydroxylation is 1. The summed E-state index contributed by atoms with van der Waals surface area (Å²) in [5.41, 5.74) is -0.307. The van der Waals surface area contributed by atoms with Gasteiger partial charge in [0.05, 0.1) is 15.5 Å². The first-order chi connectivity index (χ1) is 11.0. The molecule has 2 N–H and O–H groups in total. The molecule has 11 heteroatoms. The van der Waals surface area contributed by atoms with Crippen molar-refractivity contribution in [2.45, 2.75) is 16.7 Å². The molecule has 2 aromatic rings. The molecule has 0 aliphatic rings. The quantitative estimate of drug-likeness (QED) is 0.463. The Kier molecular flexibility index (Phi) is 4.60. The van der Waals surface area contributed by atoms with Gasteiger partial charge in [0.25, 0.3) is 15.7 Å². The highest BCUT2D eigenvalue weighted by Gasteiger charge is 2.25. The lowest BCUT2D eigenvalue weighted by molar-refractivity contribution is -0.387. The third-order valence-electron chi connectivity index (χ3n) is 3.02. The number of anilines is 1. The van der Waals surface area contributed by atoms with E-state index in [1.54, 1.807) is 19.1 Å². The van der Waals surface area contributed by atoms with Crippen molar-refractivity contribution in [2.75, 3.05) is 4.72 Å². The molecule has 2 aromatic carbocycles. The van der Waals surface area contributed by atoms with Gasteiger partial charge in [0.2, 0.25) is 0 Å². The third-order valence-corrected chi connectivity index (χ3v) is 5.32. The Morgan fingerprint density at radius 1 is 1.04 bits per heavy atom. The van der Waals surface area contributed by atoms with Crippen LogP contribution in [0.4, 0.5) is 11.4 Å². The van der Waals surface area contributed by atoms with E-state index < -0.39 is 35.6 Å². The summed E-state index contributed by atoms with van der Waals surface area (Å²) in [5.74, 6) is 0. The number of nitrogens with one attached hydrogen (secondary N) is 1. The van der Waals surface area contributed by atoms with Crippen molar-refractivity contribution in [1.82, 2.24) is 0 Å². The number of hydrogen-bond donors (Lipinski definition) is 2. The van der Waals surface area contributed by atoms with Gasteiger partial charge in [0.15, 0.2) is 4.90 Å². The zero-order valence-electron chi connectivity index (χ0n) is 12.2. The second-order valence-electron chi connectivity index (χ2n) is 4.83. The zero-order chi connectivity index (χ0) is 18.1. The molecule has 0 saturated heterocycles. The normalized spacial score (nSPS) is 11.9. The monoisotopic (exact) mass is 372 g/mol. The van der Waals surface area contributed by atoms with Gasteiger partial charge in [-0.25, -0.2) is 8.42 Å². The number of nitro groups is 1. The fraction of sp³-hybridized carbons (Fsp3) is 0.0769. The van der Waals surface area contributed by atoms with Crippen molar-refractivity contribution in [2.24, 2.45) is 0 Å². The van der Waals surface area contributed by atoms with E-state index >= 15 is 0 Å². The Labute approximate surface area is 137 Å². The minimum atomic E-state index is -4.81. The van der Waals surface area contributed by atoms with Gasteiger partial charge in [-0.05, 0) is 31.2 Å². The summed E-state index contributed by atoms with van der Waals surface area (Å²) < 4.78 is 57.8. The van der Waals surface area contributed by atoms with Gasteiger partial charge >= 0.3 is 10.1 Å². The zero-order valence-corrected chi connectivity index (χ0v) is 13.8. The smallest absolute Gasteiger partial charge is 0.282 e. The molecule has 0 unspecified atom stereocenters. The minimum absolute atomic E-state index is 0.0605. The highest BCUT2D eigenvalue weighted by Crippen LogP contribution is 2.28. The van der Waals surface area contributed by atoms with E-state index in [1.807, 2.05) is 0 Å². The van der Waals surface area contributed by atoms with E-state index in [9.17, 15) is 26.9 Å². The summed E-state index contributed by atoms with van der Waals surface area (Å²) in [4.78, 5) is 8.93. The van der Waals surface area contributed by atoms with Gasteiger partial charge in [-0.1, -0.05) is 17.7 Å². The van der Waals surface area contributed by atoms with Crippen LogP contribution >= 0.6 is 0 Å². The molecule has 0 heterocycles. The van der Waals surface area contributed by atoms with Crippen molar-refractivity contribution >= 4 is 31.5 Å². The standard InChI is InChI=1S/C13H12N2O7S2/c1-9-2-5-11(6-3-9)23(18,19)14-10-4-7-13(24(20,21)22)12(8-10)15(16)17/h2-8,14H,1H3,(H,20,21,22). The summed E-state index contributed by atoms with van der Waals surface area (Å²) in [6, 6.07) is 8.35. The average Bonchev–Trinajstić information content (AvgIpc) is 2.46. The molecule has 0 amide bonds. The first-order valence-corrected chi connectivity index (χ1v) is 9.28. The Balaban J connectivity index is 2.45. The number of hydrogen-bond acceptors (Lipinski definition) is 6. The summed E-state index contributed by atoms with van der Waals surface area (Å²) in [6.45, 7) is 1.78. The van der Waals surface area contributed by atoms with Gasteiger partial charge in [-0.15, -0.1) is 0 Å². The van der Waals surface area contributed by atoms with Gasteiger partial charge < -0.3 is 0 Å². The van der Waals surface area contributed by atoms with E-state index in [1.165, 1.54) is 12.1 Å². The molecule has 9 nitrogen and oxygen atoms in total. The largest absolute Gasteiger partial charge is 0.301 e. The molecule has 0 aliphatic carbocycles. The Bertz CT molecular complexity index is 997. The van der Waals surface area contributed by atoms with Gasteiger partial charge in [0, 0.05) is 6.07 Å². The second-order valence-corrected chi connectivity index (χ2v) is 7.91. The van der Waals surface area contributed by atoms with Gasteiger partial charge in [-0.3, -0.25) is 19.4 Å². The Hall–Kier alpha value is -2.50. The maximum Gasteiger partial charge on any atom is 0.301 e. The first-order valence-electron chi connectivity index (χ1n) is 6.36. The lowest BCUT2D eigenvalue weighted by atomic mass is 10.2. The molecule has 0 saturated carbocycles. The van der Waals surface area contributed by atoms with Crippen LogP contribution in [-0.4, -0.2) is 26.3 Å². The minimum Gasteiger partial charge on any atom is -0.282 e. The van der Waals surface area contributed by atoms with Crippen LogP contribution in [0.2, 0.25) is 0 Å². The lowest BCUT2D eigenvalue weighted by Gasteiger charge is -2.09. The molecule has 0 aliphatic heterocycles. The van der Waals surface area contributed by atoms with Crippen LogP contribution in [0.5, 0.6) is 0 Å². The van der Waals surface area contributed by atoms with Crippen LogP contribution in [0.25, 0.3) is 0 Å². The van der Waals surface area contributed by atoms with E-state index in [0.717, 1.165) is 23.8 Å². The van der Waals surface area contributed by atoms with E-state index in [0.29, 0.717) is 0 Å². The van der Waals surface area contributed by atoms with E-state index in [-0.39, 0.29) is 10.6 Å². The van der Waals surface area contributed by atoms with Crippen molar-refractivity contribution in [1.29, 1.82) is 0 Å². The number of benzene rings is 2. The lowest BCUT2D eigenvalue weighted by Crippen LogP contribution is -2.13. The fourth-order valence-corrected chi connectivity index (χ4v) is 3.56. The fourth-order valence-electron chi connectivity index (χ4n) is 1.87. The maximum atomic E-state index is 12.2. The molecule has 0 spiro atoms. The molecule has 24 heavy (non-hydrogen) atoms. The van der Waals surface area contributed by atoms with Crippen LogP contribution in [0, 0.1) is 17.0 Å². The first kappa shape index (κ1) is 17.8. The molecule has 128 valence electrons. The number of nitrogens with zero attached hydrogens (tertiary/aromatic N) is 1. The number of nitro benzene ring substituents is 1. The Morgan fingerprint density at radius 3 is 2.12 bits per heavy atom. The van der Waals surface area contributed by atoms with Gasteiger partial charge in [0.1, 0.15) is 0 Å². The van der Waals surface area contributed by atoms with Crippen LogP contribution < -0.4 is 4.72 Å². The van der Waals surface area contributed by atoms with E-state index in [4.69, 9.17) is 4.55 Å². The van der Waals surface area contributed by atoms with Crippen molar-refractivity contribution < 1.29 is 26.3 Å². The third kappa shape index (κ3) is 3.88. The molecule has 2 rings (SSSR count). The van der Waals surface area contributed by atoms with Crippen molar-refractivity contribution in [3.05, 3.63) is 58.1 Å². The predicted molar refractivity (Wildman–Crippen MR) is 84.9 cm³/mol. The SMILES string of the molecule is Cc1ccc(S(=O)(=O)Nc2ccc(S(=O)(=O)O)c([N+](=O)[O-])c2)cc1. The predicted octanol–water partition coefficient (Wildman–Crippen LogP) is 1.95. The molecule has 0 aromatic heterocycles. The molecule has 0 bridgehead atoms. The highest BCUT2D eigenvalue weighted by atomic mass is 32.2. The van der Waals surface area contributed by atoms with Crippen LogP contribution in [-0.2, 0) is 20.1 Å². The highest BCUT2D eigenvalue weighted by molar-refractivity contribution is 7.92. The molecule has 0 atom stereocenters. The summed E-state index contributed by atoms with van der Waals surface area (Å²) in [6.07, 6.45) is 0. The maximum absolute atomic E-state index is 12.2. The molecular weight excluding hydrogens is 360 g/mol. The molecule has 0 radical (unpaired) electrons. The summed E-state index contributed by atoms with van der Waals surface area (Å²) in [5, 5.41) is 10.9. The number of rotatable bonds is 5. The topological polar surface area (TPSA) is 144 Å². The van der Waals surface area contributed by atoms with E-state index in [2.05, 4.69) is 4.72 Å². The summed E-state index contributed by atoms with van der Waals surface area (Å²) >= 11 is 0. The summed E-state index contributed by atoms with van der Waals surface area (Å²) in [7, 11) is -8.82. The Morgan fingerprint density at radius 2 is 1.62 bits per heavy atom.